The normalized spacial score (nSPS) is 12.0. The molecule has 0 unspecified atom stereocenters. The van der Waals surface area contributed by atoms with E-state index in [0.717, 1.165) is 5.56 Å². The van der Waals surface area contributed by atoms with E-state index in [1.165, 1.54) is 35.6 Å². The second-order valence-corrected chi connectivity index (χ2v) is 9.67. The number of thiazole rings is 1. The van der Waals surface area contributed by atoms with Gasteiger partial charge < -0.3 is 24.2 Å². The Balaban J connectivity index is 1.42. The van der Waals surface area contributed by atoms with Crippen LogP contribution < -0.4 is 14.2 Å². The van der Waals surface area contributed by atoms with Crippen LogP contribution in [0.15, 0.2) is 66.0 Å². The number of amides is 1. The molecule has 1 N–H and O–H groups in total. The molecule has 0 atom stereocenters. The van der Waals surface area contributed by atoms with Gasteiger partial charge in [-0.05, 0) is 60.2 Å². The number of aliphatic hydroxyl groups is 1. The number of ether oxygens (including phenoxy) is 3. The Kier molecular flexibility index (Phi) is 7.55. The Bertz CT molecular complexity index is 1410. The third kappa shape index (κ3) is 6.02. The zero-order valence-corrected chi connectivity index (χ0v) is 21.1. The molecule has 0 fully saturated rings. The number of aliphatic hydroxyl groups excluding tert-OH is 1. The molecule has 2 heterocycles. The largest absolute Gasteiger partial charge is 0.486 e. The van der Waals surface area contributed by atoms with Gasteiger partial charge in [0.2, 0.25) is 6.79 Å². The zero-order chi connectivity index (χ0) is 25.8. The van der Waals surface area contributed by atoms with Crippen LogP contribution in [0.25, 0.3) is 0 Å². The standard InChI is InChI=1S/C27H22ClFN2O5S/c28-20-4-8-23(34-14-26-30-22(13-32)15-37-26)19(10-20)12-31(27(33)18-2-5-21(29)6-3-18)11-17-1-7-24-25(9-17)36-16-35-24/h1-10,15,32H,11-14,16H2. The van der Waals surface area contributed by atoms with Gasteiger partial charge in [0.25, 0.3) is 5.91 Å². The summed E-state index contributed by atoms with van der Waals surface area (Å²) < 4.78 is 30.4. The first-order valence-corrected chi connectivity index (χ1v) is 12.6. The van der Waals surface area contributed by atoms with E-state index in [4.69, 9.17) is 25.8 Å². The van der Waals surface area contributed by atoms with Crippen LogP contribution >= 0.6 is 22.9 Å². The monoisotopic (exact) mass is 540 g/mol. The first-order chi connectivity index (χ1) is 18.0. The summed E-state index contributed by atoms with van der Waals surface area (Å²) in [6, 6.07) is 16.2. The summed E-state index contributed by atoms with van der Waals surface area (Å²) >= 11 is 7.70. The maximum atomic E-state index is 13.6. The highest BCUT2D eigenvalue weighted by atomic mass is 35.5. The van der Waals surface area contributed by atoms with Gasteiger partial charge in [-0.1, -0.05) is 17.7 Å². The van der Waals surface area contributed by atoms with Crippen molar-refractivity contribution < 1.29 is 28.5 Å². The molecular formula is C27H22ClFN2O5S. The number of fused-ring (bicyclic) bond motifs is 1. The van der Waals surface area contributed by atoms with Crippen LogP contribution in [0.2, 0.25) is 5.02 Å². The van der Waals surface area contributed by atoms with Crippen LogP contribution in [-0.2, 0) is 26.3 Å². The molecule has 1 aromatic heterocycles. The van der Waals surface area contributed by atoms with E-state index < -0.39 is 5.82 Å². The molecule has 1 aliphatic rings. The average Bonchev–Trinajstić information content (AvgIpc) is 3.57. The van der Waals surface area contributed by atoms with Crippen molar-refractivity contribution in [1.82, 2.24) is 9.88 Å². The fourth-order valence-corrected chi connectivity index (χ4v) is 4.77. The van der Waals surface area contributed by atoms with Crippen LogP contribution in [0.5, 0.6) is 17.2 Å². The van der Waals surface area contributed by atoms with Crippen molar-refractivity contribution >= 4 is 28.8 Å². The summed E-state index contributed by atoms with van der Waals surface area (Å²) in [5.74, 6) is 1.11. The fraction of sp³-hybridized carbons (Fsp3) is 0.185. The number of rotatable bonds is 9. The van der Waals surface area contributed by atoms with Gasteiger partial charge in [0.05, 0.1) is 18.8 Å². The van der Waals surface area contributed by atoms with Gasteiger partial charge in [-0.2, -0.15) is 0 Å². The third-order valence-electron chi connectivity index (χ3n) is 5.68. The van der Waals surface area contributed by atoms with Gasteiger partial charge >= 0.3 is 0 Å². The van der Waals surface area contributed by atoms with Gasteiger partial charge in [-0.3, -0.25) is 4.79 Å². The number of aromatic nitrogens is 1. The molecule has 7 nitrogen and oxygen atoms in total. The molecule has 1 aliphatic heterocycles. The number of carbonyl (C=O) groups is 1. The van der Waals surface area contributed by atoms with E-state index in [-0.39, 0.29) is 39.0 Å². The molecule has 0 radical (unpaired) electrons. The molecule has 190 valence electrons. The zero-order valence-electron chi connectivity index (χ0n) is 19.5. The molecule has 0 bridgehead atoms. The predicted molar refractivity (Wildman–Crippen MR) is 136 cm³/mol. The molecule has 4 aromatic rings. The Morgan fingerprint density at radius 2 is 1.89 bits per heavy atom. The Morgan fingerprint density at radius 1 is 1.08 bits per heavy atom. The Labute approximate surface area is 221 Å². The van der Waals surface area contributed by atoms with Crippen molar-refractivity contribution in [3.8, 4) is 17.2 Å². The summed E-state index contributed by atoms with van der Waals surface area (Å²) in [7, 11) is 0. The molecule has 0 aliphatic carbocycles. The van der Waals surface area contributed by atoms with Gasteiger partial charge in [0.15, 0.2) is 11.5 Å². The minimum Gasteiger partial charge on any atom is -0.486 e. The topological polar surface area (TPSA) is 81.1 Å². The summed E-state index contributed by atoms with van der Waals surface area (Å²) in [6.45, 7) is 0.654. The van der Waals surface area contributed by atoms with Crippen molar-refractivity contribution in [1.29, 1.82) is 0 Å². The lowest BCUT2D eigenvalue weighted by molar-refractivity contribution is 0.0728. The van der Waals surface area contributed by atoms with Crippen LogP contribution in [0.1, 0.15) is 32.2 Å². The smallest absolute Gasteiger partial charge is 0.254 e. The second-order valence-electron chi connectivity index (χ2n) is 8.29. The molecule has 5 rings (SSSR count). The number of benzene rings is 3. The summed E-state index contributed by atoms with van der Waals surface area (Å²) in [4.78, 5) is 19.5. The minimum atomic E-state index is -0.420. The highest BCUT2D eigenvalue weighted by Crippen LogP contribution is 2.33. The van der Waals surface area contributed by atoms with E-state index in [1.54, 1.807) is 34.5 Å². The number of nitrogens with zero attached hydrogens (tertiary/aromatic N) is 2. The lowest BCUT2D eigenvalue weighted by atomic mass is 10.1. The van der Waals surface area contributed by atoms with E-state index in [2.05, 4.69) is 4.98 Å². The summed E-state index contributed by atoms with van der Waals surface area (Å²) in [6.07, 6.45) is 0. The van der Waals surface area contributed by atoms with Gasteiger partial charge in [0.1, 0.15) is 23.2 Å². The van der Waals surface area contributed by atoms with Crippen LogP contribution in [0.3, 0.4) is 0 Å². The van der Waals surface area contributed by atoms with E-state index in [0.29, 0.717) is 44.1 Å². The van der Waals surface area contributed by atoms with Crippen molar-refractivity contribution in [2.75, 3.05) is 6.79 Å². The fourth-order valence-electron chi connectivity index (χ4n) is 3.88. The molecule has 1 amide bonds. The van der Waals surface area contributed by atoms with Crippen molar-refractivity contribution in [3.05, 3.63) is 104 Å². The number of carbonyl (C=O) groups excluding carboxylic acids is 1. The van der Waals surface area contributed by atoms with Gasteiger partial charge in [0, 0.05) is 28.1 Å². The average molecular weight is 541 g/mol. The van der Waals surface area contributed by atoms with E-state index in [9.17, 15) is 14.3 Å². The third-order valence-corrected chi connectivity index (χ3v) is 6.79. The summed E-state index contributed by atoms with van der Waals surface area (Å²) in [5.41, 5.74) is 2.47. The van der Waals surface area contributed by atoms with Crippen LogP contribution in [-0.4, -0.2) is 27.7 Å². The summed E-state index contributed by atoms with van der Waals surface area (Å²) in [5, 5.41) is 12.2. The molecule has 0 saturated carbocycles. The van der Waals surface area contributed by atoms with E-state index in [1.807, 2.05) is 12.1 Å². The Hall–Kier alpha value is -3.66. The maximum Gasteiger partial charge on any atom is 0.254 e. The number of hydrogen-bond donors (Lipinski definition) is 1. The first kappa shape index (κ1) is 25.0. The van der Waals surface area contributed by atoms with E-state index >= 15 is 0 Å². The molecular weight excluding hydrogens is 519 g/mol. The molecule has 37 heavy (non-hydrogen) atoms. The number of hydrogen-bond acceptors (Lipinski definition) is 7. The molecule has 0 saturated heterocycles. The van der Waals surface area contributed by atoms with Crippen molar-refractivity contribution in [2.45, 2.75) is 26.3 Å². The minimum absolute atomic E-state index is 0.136. The Morgan fingerprint density at radius 3 is 2.68 bits per heavy atom. The first-order valence-electron chi connectivity index (χ1n) is 11.4. The maximum absolute atomic E-state index is 13.6. The SMILES string of the molecule is O=C(c1ccc(F)cc1)N(Cc1ccc2c(c1)OCO2)Cc1cc(Cl)ccc1OCc1nc(CO)cs1. The van der Waals surface area contributed by atoms with Gasteiger partial charge in [-0.15, -0.1) is 11.3 Å². The van der Waals surface area contributed by atoms with Crippen LogP contribution in [0.4, 0.5) is 4.39 Å². The number of halogens is 2. The molecule has 0 spiro atoms. The van der Waals surface area contributed by atoms with Crippen molar-refractivity contribution in [2.24, 2.45) is 0 Å². The lowest BCUT2D eigenvalue weighted by Crippen LogP contribution is -2.30. The second kappa shape index (κ2) is 11.2. The highest BCUT2D eigenvalue weighted by Gasteiger charge is 2.21. The molecule has 3 aromatic carbocycles. The lowest BCUT2D eigenvalue weighted by Gasteiger charge is -2.25. The quantitative estimate of drug-likeness (QED) is 0.298. The highest BCUT2D eigenvalue weighted by molar-refractivity contribution is 7.09. The van der Waals surface area contributed by atoms with Crippen molar-refractivity contribution in [3.63, 3.8) is 0 Å². The van der Waals surface area contributed by atoms with Crippen LogP contribution in [0, 0.1) is 5.82 Å². The molecule has 10 heteroatoms. The van der Waals surface area contributed by atoms with Gasteiger partial charge in [-0.25, -0.2) is 9.37 Å². The predicted octanol–water partition coefficient (Wildman–Crippen LogP) is 5.58.